The highest BCUT2D eigenvalue weighted by Crippen LogP contribution is 2.30. The molecule has 1 fully saturated rings. The van der Waals surface area contributed by atoms with Crippen LogP contribution in [0.1, 0.15) is 48.0 Å². The number of hydrogen-bond acceptors (Lipinski definition) is 5. The predicted molar refractivity (Wildman–Crippen MR) is 132 cm³/mol. The number of nitrogens with zero attached hydrogens (tertiary/aromatic N) is 1. The number of benzene rings is 2. The van der Waals surface area contributed by atoms with Gasteiger partial charge in [-0.15, -0.1) is 0 Å². The molecule has 0 bridgehead atoms. The van der Waals surface area contributed by atoms with Gasteiger partial charge in [-0.05, 0) is 61.0 Å². The van der Waals surface area contributed by atoms with Crippen LogP contribution in [0, 0.1) is 0 Å². The minimum Gasteiger partial charge on any atom is -0.493 e. The fraction of sp³-hybridized carbons (Fsp3) is 0.375. The van der Waals surface area contributed by atoms with Crippen molar-refractivity contribution in [2.75, 3.05) is 13.7 Å². The van der Waals surface area contributed by atoms with Gasteiger partial charge in [-0.1, -0.05) is 43.0 Å². The fourth-order valence-corrected chi connectivity index (χ4v) is 4.40. The second-order valence-corrected chi connectivity index (χ2v) is 8.75. The Kier molecular flexibility index (Phi) is 8.91. The average molecular weight is 490 g/mol. The number of nitrogens with one attached hydrogen (secondary N) is 1. The summed E-state index contributed by atoms with van der Waals surface area (Å²) in [6.07, 6.45) is 5.45. The molecule has 1 aliphatic rings. The Hall–Kier alpha value is -2.84. The summed E-state index contributed by atoms with van der Waals surface area (Å²) < 4.78 is 10.8. The molecule has 9 heteroatoms. The normalized spacial score (nSPS) is 13.8. The number of thiocarbonyl (C=S) groups is 1. The molecule has 176 valence electrons. The molecule has 0 radical (unpaired) electrons. The fourth-order valence-electron chi connectivity index (χ4n) is 3.91. The Labute approximate surface area is 204 Å². The number of primary amides is 1. The van der Waals surface area contributed by atoms with Gasteiger partial charge in [0.2, 0.25) is 0 Å². The number of halogens is 1. The quantitative estimate of drug-likeness (QED) is 0.543. The molecule has 0 aromatic heterocycles. The van der Waals surface area contributed by atoms with Crippen molar-refractivity contribution >= 4 is 40.7 Å². The minimum atomic E-state index is -0.564. The lowest BCUT2D eigenvalue weighted by Gasteiger charge is -2.36. The lowest BCUT2D eigenvalue weighted by molar-refractivity contribution is -0.119. The van der Waals surface area contributed by atoms with Crippen molar-refractivity contribution in [1.29, 1.82) is 0 Å². The molecular formula is C24H28ClN3O4S. The molecule has 0 heterocycles. The average Bonchev–Trinajstić information content (AvgIpc) is 2.81. The number of carbonyl (C=O) groups is 2. The first-order valence-corrected chi connectivity index (χ1v) is 11.6. The second kappa shape index (κ2) is 11.9. The highest BCUT2D eigenvalue weighted by molar-refractivity contribution is 7.80. The van der Waals surface area contributed by atoms with E-state index in [-0.39, 0.29) is 18.6 Å². The van der Waals surface area contributed by atoms with Gasteiger partial charge in [0.25, 0.3) is 11.8 Å². The molecule has 3 rings (SSSR count). The van der Waals surface area contributed by atoms with E-state index in [0.29, 0.717) is 33.7 Å². The zero-order valence-corrected chi connectivity index (χ0v) is 20.1. The summed E-state index contributed by atoms with van der Waals surface area (Å²) in [5, 5.41) is 3.73. The van der Waals surface area contributed by atoms with Gasteiger partial charge in [-0.2, -0.15) is 0 Å². The molecule has 1 aliphatic carbocycles. The van der Waals surface area contributed by atoms with Crippen LogP contribution < -0.4 is 20.5 Å². The molecule has 33 heavy (non-hydrogen) atoms. The van der Waals surface area contributed by atoms with Crippen LogP contribution in [0.2, 0.25) is 5.02 Å². The van der Waals surface area contributed by atoms with Gasteiger partial charge in [0.05, 0.1) is 7.11 Å². The summed E-state index contributed by atoms with van der Waals surface area (Å²) in [5.74, 6) is 0.0637. The second-order valence-electron chi connectivity index (χ2n) is 7.93. The van der Waals surface area contributed by atoms with Crippen molar-refractivity contribution < 1.29 is 19.1 Å². The molecule has 2 aromatic rings. The number of rotatable bonds is 8. The first-order chi connectivity index (χ1) is 15.9. The van der Waals surface area contributed by atoms with E-state index in [1.54, 1.807) is 30.3 Å². The summed E-state index contributed by atoms with van der Waals surface area (Å²) in [4.78, 5) is 25.9. The maximum absolute atomic E-state index is 12.8. The van der Waals surface area contributed by atoms with E-state index in [1.165, 1.54) is 13.5 Å². The van der Waals surface area contributed by atoms with E-state index in [2.05, 4.69) is 10.2 Å². The van der Waals surface area contributed by atoms with Crippen molar-refractivity contribution in [3.05, 3.63) is 58.6 Å². The van der Waals surface area contributed by atoms with E-state index in [1.807, 2.05) is 12.1 Å². The third kappa shape index (κ3) is 7.07. The van der Waals surface area contributed by atoms with Crippen LogP contribution in [0.3, 0.4) is 0 Å². The molecule has 2 amide bonds. The number of nitrogens with two attached hydrogens (primary N) is 1. The number of ether oxygens (including phenoxy) is 2. The minimum absolute atomic E-state index is 0.225. The zero-order chi connectivity index (χ0) is 23.8. The maximum Gasteiger partial charge on any atom is 0.257 e. The van der Waals surface area contributed by atoms with Crippen LogP contribution in [0.5, 0.6) is 11.5 Å². The molecule has 2 aromatic carbocycles. The summed E-state index contributed by atoms with van der Waals surface area (Å²) in [6.45, 7) is 0.259. The van der Waals surface area contributed by atoms with Crippen LogP contribution in [0.15, 0.2) is 42.5 Å². The van der Waals surface area contributed by atoms with Crippen LogP contribution >= 0.6 is 23.8 Å². The van der Waals surface area contributed by atoms with Crippen molar-refractivity contribution in [3.8, 4) is 11.5 Å². The first kappa shape index (κ1) is 24.8. The Morgan fingerprint density at radius 1 is 1.15 bits per heavy atom. The maximum atomic E-state index is 12.8. The van der Waals surface area contributed by atoms with E-state index < -0.39 is 5.91 Å². The highest BCUT2D eigenvalue weighted by Gasteiger charge is 2.25. The van der Waals surface area contributed by atoms with Gasteiger partial charge >= 0.3 is 0 Å². The van der Waals surface area contributed by atoms with Crippen LogP contribution in [0.25, 0.3) is 0 Å². The summed E-state index contributed by atoms with van der Waals surface area (Å²) >= 11 is 11.7. The first-order valence-electron chi connectivity index (χ1n) is 10.8. The Morgan fingerprint density at radius 3 is 2.58 bits per heavy atom. The van der Waals surface area contributed by atoms with Crippen LogP contribution in [0.4, 0.5) is 0 Å². The SMILES string of the molecule is COc1cc(CN(C(=S)NC(=O)c2cccc(Cl)c2)C2CCCCC2)ccc1OCC(N)=O. The lowest BCUT2D eigenvalue weighted by Crippen LogP contribution is -2.48. The summed E-state index contributed by atoms with van der Waals surface area (Å²) in [6, 6.07) is 12.4. The molecule has 1 saturated carbocycles. The molecule has 0 spiro atoms. The van der Waals surface area contributed by atoms with Gasteiger partial charge in [-0.25, -0.2) is 0 Å². The smallest absolute Gasteiger partial charge is 0.257 e. The summed E-state index contributed by atoms with van der Waals surface area (Å²) in [7, 11) is 1.53. The third-order valence-electron chi connectivity index (χ3n) is 5.53. The monoisotopic (exact) mass is 489 g/mol. The molecule has 3 N–H and O–H groups in total. The van der Waals surface area contributed by atoms with Gasteiger partial charge < -0.3 is 20.1 Å². The van der Waals surface area contributed by atoms with Gasteiger partial charge in [0, 0.05) is 23.2 Å². The van der Waals surface area contributed by atoms with Crippen molar-refractivity contribution in [1.82, 2.24) is 10.2 Å². The van der Waals surface area contributed by atoms with Crippen LogP contribution in [-0.2, 0) is 11.3 Å². The Bertz CT molecular complexity index is 1010. The predicted octanol–water partition coefficient (Wildman–Crippen LogP) is 4.06. The molecule has 0 atom stereocenters. The topological polar surface area (TPSA) is 93.9 Å². The third-order valence-corrected chi connectivity index (χ3v) is 6.11. The van der Waals surface area contributed by atoms with E-state index in [0.717, 1.165) is 31.2 Å². The molecule has 7 nitrogen and oxygen atoms in total. The van der Waals surface area contributed by atoms with E-state index in [9.17, 15) is 9.59 Å². The van der Waals surface area contributed by atoms with Crippen molar-refractivity contribution in [2.24, 2.45) is 5.73 Å². The largest absolute Gasteiger partial charge is 0.493 e. The molecule has 0 unspecified atom stereocenters. The molecule has 0 aliphatic heterocycles. The van der Waals surface area contributed by atoms with E-state index >= 15 is 0 Å². The van der Waals surface area contributed by atoms with Gasteiger partial charge in [-0.3, -0.25) is 14.9 Å². The van der Waals surface area contributed by atoms with Crippen molar-refractivity contribution in [3.63, 3.8) is 0 Å². The number of amides is 2. The summed E-state index contributed by atoms with van der Waals surface area (Å²) in [5.41, 5.74) is 6.55. The van der Waals surface area contributed by atoms with Crippen LogP contribution in [-0.4, -0.2) is 41.6 Å². The lowest BCUT2D eigenvalue weighted by atomic mass is 9.94. The molecule has 0 saturated heterocycles. The number of hydrogen-bond donors (Lipinski definition) is 2. The number of methoxy groups -OCH3 is 1. The van der Waals surface area contributed by atoms with E-state index in [4.69, 9.17) is 39.0 Å². The van der Waals surface area contributed by atoms with Crippen molar-refractivity contribution in [2.45, 2.75) is 44.7 Å². The highest BCUT2D eigenvalue weighted by atomic mass is 35.5. The zero-order valence-electron chi connectivity index (χ0n) is 18.5. The number of carbonyl (C=O) groups excluding carboxylic acids is 2. The standard InChI is InChI=1S/C24H28ClN3O4S/c1-31-21-12-16(10-11-20(21)32-15-22(26)29)14-28(19-8-3-2-4-9-19)24(33)27-23(30)17-6-5-7-18(25)13-17/h5-7,10-13,19H,2-4,8-9,14-15H2,1H3,(H2,26,29)(H,27,30,33). The Morgan fingerprint density at radius 2 is 1.91 bits per heavy atom. The molecular weight excluding hydrogens is 462 g/mol. The van der Waals surface area contributed by atoms with Gasteiger partial charge in [0.1, 0.15) is 0 Å². The Balaban J connectivity index is 1.78. The van der Waals surface area contributed by atoms with Gasteiger partial charge in [0.15, 0.2) is 23.2 Å².